The van der Waals surface area contributed by atoms with Gasteiger partial charge in [-0.05, 0) is 47.9 Å². The van der Waals surface area contributed by atoms with Crippen LogP contribution in [0.25, 0.3) is 0 Å². The Morgan fingerprint density at radius 2 is 2.04 bits per heavy atom. The molecule has 0 unspecified atom stereocenters. The van der Waals surface area contributed by atoms with E-state index < -0.39 is 0 Å². The molecule has 0 aliphatic heterocycles. The molecule has 0 spiro atoms. The molecule has 2 rings (SSSR count). The van der Waals surface area contributed by atoms with Crippen molar-refractivity contribution < 1.29 is 14.3 Å². The molecule has 0 aliphatic carbocycles. The molecule has 1 aromatic carbocycles. The molecule has 0 bridgehead atoms. The van der Waals surface area contributed by atoms with Crippen LogP contribution in [-0.2, 0) is 18.3 Å². The highest BCUT2D eigenvalue weighted by Gasteiger charge is 2.13. The van der Waals surface area contributed by atoms with Crippen molar-refractivity contribution in [3.05, 3.63) is 23.8 Å². The number of hydrogen-bond donors (Lipinski definition) is 0. The number of benzene rings is 1. The molecule has 27 heavy (non-hydrogen) atoms. The van der Waals surface area contributed by atoms with Crippen molar-refractivity contribution >= 4 is 17.7 Å². The highest BCUT2D eigenvalue weighted by atomic mass is 32.2. The molecule has 8 nitrogen and oxygen atoms in total. The fourth-order valence-corrected chi connectivity index (χ4v) is 3.44. The van der Waals surface area contributed by atoms with E-state index in [2.05, 4.69) is 15.5 Å². The van der Waals surface area contributed by atoms with Crippen LogP contribution < -0.4 is 9.47 Å². The van der Waals surface area contributed by atoms with Gasteiger partial charge in [-0.15, -0.1) is 5.10 Å². The van der Waals surface area contributed by atoms with Crippen LogP contribution >= 0.6 is 11.8 Å². The topological polar surface area (TPSA) is 82.4 Å². The number of thioether (sulfide) groups is 1. The Morgan fingerprint density at radius 3 is 2.67 bits per heavy atom. The summed E-state index contributed by atoms with van der Waals surface area (Å²) in [4.78, 5) is 14.4. The summed E-state index contributed by atoms with van der Waals surface area (Å²) in [5.74, 6) is 2.40. The summed E-state index contributed by atoms with van der Waals surface area (Å²) in [6, 6.07) is 5.86. The van der Waals surface area contributed by atoms with Crippen molar-refractivity contribution in [2.24, 2.45) is 7.05 Å². The molecule has 0 radical (unpaired) electrons. The summed E-state index contributed by atoms with van der Waals surface area (Å²) in [5.41, 5.74) is 1.12. The summed E-state index contributed by atoms with van der Waals surface area (Å²) >= 11 is 1.56. The van der Waals surface area contributed by atoms with E-state index in [9.17, 15) is 4.79 Å². The second-order valence-electron chi connectivity index (χ2n) is 5.95. The van der Waals surface area contributed by atoms with Crippen LogP contribution in [0, 0.1) is 0 Å². The molecule has 1 heterocycles. The maximum absolute atomic E-state index is 12.5. The van der Waals surface area contributed by atoms with E-state index in [0.717, 1.165) is 29.3 Å². The number of nitrogens with zero attached hydrogens (tertiary/aromatic N) is 5. The number of ether oxygens (including phenoxy) is 2. The van der Waals surface area contributed by atoms with Crippen LogP contribution in [0.1, 0.15) is 25.3 Å². The van der Waals surface area contributed by atoms with Crippen molar-refractivity contribution in [2.75, 3.05) is 33.1 Å². The second kappa shape index (κ2) is 10.8. The minimum Gasteiger partial charge on any atom is -0.493 e. The first-order valence-electron chi connectivity index (χ1n) is 8.92. The average molecular weight is 394 g/mol. The lowest BCUT2D eigenvalue weighted by atomic mass is 10.1. The lowest BCUT2D eigenvalue weighted by molar-refractivity contribution is -0.131. The van der Waals surface area contributed by atoms with Gasteiger partial charge in [-0.25, -0.2) is 4.68 Å². The van der Waals surface area contributed by atoms with Gasteiger partial charge in [0, 0.05) is 32.3 Å². The van der Waals surface area contributed by atoms with Crippen molar-refractivity contribution in [2.45, 2.75) is 31.3 Å². The molecule has 0 atom stereocenters. The van der Waals surface area contributed by atoms with E-state index in [1.807, 2.05) is 30.0 Å². The van der Waals surface area contributed by atoms with Crippen LogP contribution in [0.15, 0.2) is 23.4 Å². The van der Waals surface area contributed by atoms with Gasteiger partial charge in [0.1, 0.15) is 0 Å². The fraction of sp³-hybridized carbons (Fsp3) is 0.556. The zero-order valence-corrected chi connectivity index (χ0v) is 17.2. The van der Waals surface area contributed by atoms with Gasteiger partial charge < -0.3 is 14.4 Å². The van der Waals surface area contributed by atoms with E-state index in [1.165, 1.54) is 0 Å². The highest BCUT2D eigenvalue weighted by Crippen LogP contribution is 2.27. The summed E-state index contributed by atoms with van der Waals surface area (Å²) in [6.45, 7) is 3.39. The predicted octanol–water partition coefficient (Wildman–Crippen LogP) is 2.19. The summed E-state index contributed by atoms with van der Waals surface area (Å²) in [7, 11) is 5.05. The fourth-order valence-electron chi connectivity index (χ4n) is 2.65. The lowest BCUT2D eigenvalue weighted by Gasteiger charge is -2.21. The Labute approximate surface area is 164 Å². The molecule has 148 valence electrons. The largest absolute Gasteiger partial charge is 0.493 e. The third-order valence-corrected chi connectivity index (χ3v) is 5.30. The van der Waals surface area contributed by atoms with Crippen molar-refractivity contribution in [1.82, 2.24) is 25.1 Å². The molecule has 0 saturated carbocycles. The minimum atomic E-state index is 0.176. The number of carbonyl (C=O) groups is 1. The van der Waals surface area contributed by atoms with E-state index in [4.69, 9.17) is 9.47 Å². The number of likely N-dealkylation sites (N-methyl/N-ethyl adjacent to an activating group) is 1. The van der Waals surface area contributed by atoms with E-state index in [1.54, 1.807) is 37.7 Å². The maximum atomic E-state index is 12.5. The standard InChI is InChI=1S/C18H27N5O3S/c1-5-23(11-10-14-8-9-15(25-3)16(13-14)26-4)17(24)7-6-12-27-18-19-20-21-22(18)2/h8-9,13H,5-7,10-12H2,1-4H3. The first kappa shape index (κ1) is 21.0. The predicted molar refractivity (Wildman–Crippen MR) is 104 cm³/mol. The molecule has 0 N–H and O–H groups in total. The Bertz CT molecular complexity index is 738. The zero-order valence-electron chi connectivity index (χ0n) is 16.3. The van der Waals surface area contributed by atoms with Gasteiger partial charge in [0.2, 0.25) is 11.1 Å². The lowest BCUT2D eigenvalue weighted by Crippen LogP contribution is -2.32. The van der Waals surface area contributed by atoms with Gasteiger partial charge in [-0.3, -0.25) is 4.79 Å². The van der Waals surface area contributed by atoms with Crippen LogP contribution in [0.4, 0.5) is 0 Å². The monoisotopic (exact) mass is 393 g/mol. The molecule has 0 saturated heterocycles. The smallest absolute Gasteiger partial charge is 0.222 e. The molecular weight excluding hydrogens is 366 g/mol. The Kier molecular flexibility index (Phi) is 8.38. The van der Waals surface area contributed by atoms with Crippen LogP contribution in [0.5, 0.6) is 11.5 Å². The number of aromatic nitrogens is 4. The van der Waals surface area contributed by atoms with Gasteiger partial charge in [0.15, 0.2) is 11.5 Å². The van der Waals surface area contributed by atoms with Gasteiger partial charge in [0.05, 0.1) is 14.2 Å². The van der Waals surface area contributed by atoms with Crippen LogP contribution in [0.2, 0.25) is 0 Å². The number of rotatable bonds is 11. The number of carbonyl (C=O) groups excluding carboxylic acids is 1. The van der Waals surface area contributed by atoms with Crippen molar-refractivity contribution in [3.8, 4) is 11.5 Å². The average Bonchev–Trinajstić information content (AvgIpc) is 3.10. The van der Waals surface area contributed by atoms with Gasteiger partial charge in [-0.2, -0.15) is 0 Å². The zero-order chi connectivity index (χ0) is 19.6. The molecule has 0 aliphatic rings. The quantitative estimate of drug-likeness (QED) is 0.427. The van der Waals surface area contributed by atoms with Crippen molar-refractivity contribution in [1.29, 1.82) is 0 Å². The Hall–Kier alpha value is -2.29. The van der Waals surface area contributed by atoms with Crippen molar-refractivity contribution in [3.63, 3.8) is 0 Å². The van der Waals surface area contributed by atoms with E-state index >= 15 is 0 Å². The summed E-state index contributed by atoms with van der Waals surface area (Å²) in [6.07, 6.45) is 2.10. The SMILES string of the molecule is CCN(CCc1ccc(OC)c(OC)c1)C(=O)CCCSc1nnnn1C. The second-order valence-corrected chi connectivity index (χ2v) is 7.01. The normalized spacial score (nSPS) is 10.7. The summed E-state index contributed by atoms with van der Waals surface area (Å²) < 4.78 is 12.2. The minimum absolute atomic E-state index is 0.176. The third-order valence-electron chi connectivity index (χ3n) is 4.20. The number of methoxy groups -OCH3 is 2. The number of hydrogen-bond acceptors (Lipinski definition) is 7. The van der Waals surface area contributed by atoms with E-state index in [0.29, 0.717) is 31.0 Å². The maximum Gasteiger partial charge on any atom is 0.222 e. The molecule has 1 amide bonds. The first-order chi connectivity index (χ1) is 13.1. The Morgan fingerprint density at radius 1 is 1.26 bits per heavy atom. The van der Waals surface area contributed by atoms with Gasteiger partial charge in [-0.1, -0.05) is 17.8 Å². The third kappa shape index (κ3) is 6.13. The van der Waals surface area contributed by atoms with Gasteiger partial charge >= 0.3 is 0 Å². The Balaban J connectivity index is 1.78. The molecule has 0 fully saturated rings. The van der Waals surface area contributed by atoms with Crippen LogP contribution in [0.3, 0.4) is 0 Å². The van der Waals surface area contributed by atoms with E-state index in [-0.39, 0.29) is 5.91 Å². The molecular formula is C18H27N5O3S. The van der Waals surface area contributed by atoms with Gasteiger partial charge in [0.25, 0.3) is 0 Å². The molecule has 9 heteroatoms. The number of amides is 1. The number of aryl methyl sites for hydroxylation is 1. The number of tetrazole rings is 1. The van der Waals surface area contributed by atoms with Crippen LogP contribution in [-0.4, -0.2) is 64.1 Å². The highest BCUT2D eigenvalue weighted by molar-refractivity contribution is 7.99. The molecule has 1 aromatic heterocycles. The summed E-state index contributed by atoms with van der Waals surface area (Å²) in [5, 5.41) is 12.1. The molecule has 2 aromatic rings. The first-order valence-corrected chi connectivity index (χ1v) is 9.91.